The Morgan fingerprint density at radius 3 is 2.45 bits per heavy atom. The Hall–Kier alpha value is -2.12. The molecule has 0 bridgehead atoms. The highest BCUT2D eigenvalue weighted by molar-refractivity contribution is 7.89. The van der Waals surface area contributed by atoms with Gasteiger partial charge in [-0.3, -0.25) is 4.79 Å². The molecule has 0 aliphatic carbocycles. The van der Waals surface area contributed by atoms with E-state index in [-0.39, 0.29) is 17.3 Å². The number of hydrogen-bond acceptors (Lipinski definition) is 3. The van der Waals surface area contributed by atoms with Crippen LogP contribution in [0.3, 0.4) is 0 Å². The lowest BCUT2D eigenvalue weighted by atomic mass is 10.2. The maximum absolute atomic E-state index is 12.1. The molecule has 1 aromatic carbocycles. The van der Waals surface area contributed by atoms with Crippen molar-refractivity contribution in [2.45, 2.75) is 11.4 Å². The van der Waals surface area contributed by atoms with Crippen LogP contribution in [-0.4, -0.2) is 26.4 Å². The molecule has 0 fully saturated rings. The van der Waals surface area contributed by atoms with E-state index in [4.69, 9.17) is 0 Å². The lowest BCUT2D eigenvalue weighted by Gasteiger charge is -2.06. The summed E-state index contributed by atoms with van der Waals surface area (Å²) < 4.78 is 26.6. The number of carbonyl (C=O) groups excluding carboxylic acids is 1. The molecule has 0 aliphatic heterocycles. The van der Waals surface area contributed by atoms with Gasteiger partial charge in [-0.05, 0) is 35.9 Å². The van der Waals surface area contributed by atoms with Crippen molar-refractivity contribution in [3.8, 4) is 0 Å². The van der Waals surface area contributed by atoms with Gasteiger partial charge in [0.15, 0.2) is 0 Å². The van der Waals surface area contributed by atoms with Crippen molar-refractivity contribution in [3.63, 3.8) is 0 Å². The van der Waals surface area contributed by atoms with Crippen molar-refractivity contribution in [2.75, 3.05) is 7.05 Å². The minimum Gasteiger partial charge on any atom is -0.367 e. The van der Waals surface area contributed by atoms with Crippen LogP contribution >= 0.6 is 0 Å². The fourth-order valence-electron chi connectivity index (χ4n) is 1.66. The molecule has 0 unspecified atom stereocenters. The van der Waals surface area contributed by atoms with E-state index in [2.05, 4.69) is 15.0 Å². The van der Waals surface area contributed by atoms with Gasteiger partial charge in [-0.25, -0.2) is 13.1 Å². The van der Waals surface area contributed by atoms with Crippen LogP contribution in [-0.2, 0) is 16.6 Å². The van der Waals surface area contributed by atoms with Crippen molar-refractivity contribution >= 4 is 15.9 Å². The Kier molecular flexibility index (Phi) is 4.21. The van der Waals surface area contributed by atoms with E-state index in [0.29, 0.717) is 5.56 Å². The van der Waals surface area contributed by atoms with Gasteiger partial charge in [0.05, 0.1) is 4.90 Å². The van der Waals surface area contributed by atoms with Gasteiger partial charge >= 0.3 is 0 Å². The molecule has 1 aromatic heterocycles. The maximum atomic E-state index is 12.1. The molecule has 2 aromatic rings. The van der Waals surface area contributed by atoms with Crippen molar-refractivity contribution < 1.29 is 13.2 Å². The summed E-state index contributed by atoms with van der Waals surface area (Å²) in [7, 11) is -2.06. The summed E-state index contributed by atoms with van der Waals surface area (Å²) >= 11 is 0. The van der Waals surface area contributed by atoms with Crippen LogP contribution in [0.25, 0.3) is 0 Å². The predicted octanol–water partition coefficient (Wildman–Crippen LogP) is 0.853. The number of amides is 1. The number of H-pyrrole nitrogens is 1. The van der Waals surface area contributed by atoms with Gasteiger partial charge in [-0.1, -0.05) is 0 Å². The molecular weight excluding hydrogens is 278 g/mol. The number of carbonyl (C=O) groups is 1. The number of sulfonamides is 1. The van der Waals surface area contributed by atoms with E-state index < -0.39 is 10.0 Å². The first-order valence-corrected chi connectivity index (χ1v) is 7.45. The number of hydrogen-bond donors (Lipinski definition) is 3. The first kappa shape index (κ1) is 14.3. The topological polar surface area (TPSA) is 91.1 Å². The lowest BCUT2D eigenvalue weighted by molar-refractivity contribution is 0.0963. The Labute approximate surface area is 117 Å². The lowest BCUT2D eigenvalue weighted by Crippen LogP contribution is -2.23. The second kappa shape index (κ2) is 5.89. The minimum atomic E-state index is -3.58. The summed E-state index contributed by atoms with van der Waals surface area (Å²) in [5.74, 6) is -0.255. The van der Waals surface area contributed by atoms with E-state index in [1.54, 1.807) is 18.5 Å². The van der Waals surface area contributed by atoms with Crippen LogP contribution in [0.1, 0.15) is 15.9 Å². The third-order valence-corrected chi connectivity index (χ3v) is 4.20. The molecule has 0 aliphatic rings. The van der Waals surface area contributed by atoms with Gasteiger partial charge in [0.2, 0.25) is 10.0 Å². The highest BCUT2D eigenvalue weighted by Crippen LogP contribution is 2.11. The molecule has 106 valence electrons. The monoisotopic (exact) mass is 293 g/mol. The van der Waals surface area contributed by atoms with Crippen LogP contribution in [0.4, 0.5) is 0 Å². The third-order valence-electron chi connectivity index (χ3n) is 2.78. The predicted molar refractivity (Wildman–Crippen MR) is 74.7 cm³/mol. The molecule has 0 spiro atoms. The minimum absolute atomic E-state index is 0.126. The quantitative estimate of drug-likeness (QED) is 0.763. The maximum Gasteiger partial charge on any atom is 0.251 e. The largest absolute Gasteiger partial charge is 0.367 e. The van der Waals surface area contributed by atoms with E-state index in [1.807, 2.05) is 0 Å². The fourth-order valence-corrected chi connectivity index (χ4v) is 2.68. The van der Waals surface area contributed by atoms with Gasteiger partial charge in [0.25, 0.3) is 5.91 Å². The number of aromatic amines is 1. The molecule has 7 heteroatoms. The van der Waals surface area contributed by atoms with Crippen molar-refractivity contribution in [3.05, 3.63) is 53.9 Å². The molecule has 3 N–H and O–H groups in total. The molecule has 2 rings (SSSR count). The summed E-state index contributed by atoms with van der Waals surface area (Å²) in [6.45, 7) is 0.211. The number of rotatable bonds is 5. The molecule has 6 nitrogen and oxygen atoms in total. The van der Waals surface area contributed by atoms with E-state index in [0.717, 1.165) is 5.56 Å². The molecular formula is C13H15N3O3S. The van der Waals surface area contributed by atoms with Crippen LogP contribution in [0.5, 0.6) is 0 Å². The fraction of sp³-hybridized carbons (Fsp3) is 0.154. The van der Waals surface area contributed by atoms with Gasteiger partial charge in [-0.15, -0.1) is 0 Å². The number of aromatic nitrogens is 1. The number of benzene rings is 1. The zero-order chi connectivity index (χ0) is 14.6. The Bertz CT molecular complexity index is 676. The zero-order valence-corrected chi connectivity index (χ0v) is 11.7. The van der Waals surface area contributed by atoms with E-state index in [9.17, 15) is 13.2 Å². The Balaban J connectivity index is 2.11. The summed E-state index contributed by atoms with van der Waals surface area (Å²) in [4.78, 5) is 14.4. The van der Waals surface area contributed by atoms with Gasteiger partial charge in [0, 0.05) is 31.5 Å². The Morgan fingerprint density at radius 1 is 1.20 bits per heavy atom. The molecule has 1 heterocycles. The first-order chi connectivity index (χ1) is 9.53. The van der Waals surface area contributed by atoms with Crippen molar-refractivity contribution in [1.82, 2.24) is 15.0 Å². The average molecular weight is 293 g/mol. The van der Waals surface area contributed by atoms with Crippen LogP contribution in [0.2, 0.25) is 0 Å². The van der Waals surface area contributed by atoms with Gasteiger partial charge in [-0.2, -0.15) is 0 Å². The highest BCUT2D eigenvalue weighted by Gasteiger charge is 2.14. The second-order valence-corrected chi connectivity index (χ2v) is 5.91. The van der Waals surface area contributed by atoms with Crippen molar-refractivity contribution in [2.24, 2.45) is 0 Å². The molecule has 1 amide bonds. The van der Waals surface area contributed by atoms with E-state index >= 15 is 0 Å². The van der Waals surface area contributed by atoms with Gasteiger partial charge in [0.1, 0.15) is 0 Å². The zero-order valence-electron chi connectivity index (χ0n) is 10.9. The smallest absolute Gasteiger partial charge is 0.251 e. The summed E-state index contributed by atoms with van der Waals surface area (Å²) in [5.41, 5.74) is 1.26. The number of nitrogens with one attached hydrogen (secondary N) is 3. The molecule has 0 atom stereocenters. The summed E-state index contributed by atoms with van der Waals surface area (Å²) in [6, 6.07) is 7.55. The molecule has 0 saturated heterocycles. The van der Waals surface area contributed by atoms with Gasteiger partial charge < -0.3 is 10.3 Å². The standard InChI is InChI=1S/C13H15N3O3S/c1-14-13(17)11-2-4-12(5-3-11)20(18,19)16-9-10-6-7-15-8-10/h2-8,15-16H,9H2,1H3,(H,14,17). The van der Waals surface area contributed by atoms with Crippen LogP contribution in [0, 0.1) is 0 Å². The van der Waals surface area contributed by atoms with Crippen molar-refractivity contribution in [1.29, 1.82) is 0 Å². The normalized spacial score (nSPS) is 11.2. The van der Waals surface area contributed by atoms with E-state index in [1.165, 1.54) is 31.3 Å². The molecule has 0 saturated carbocycles. The first-order valence-electron chi connectivity index (χ1n) is 5.96. The SMILES string of the molecule is CNC(=O)c1ccc(S(=O)(=O)NCc2cc[nH]c2)cc1. The highest BCUT2D eigenvalue weighted by atomic mass is 32.2. The molecule has 0 radical (unpaired) electrons. The average Bonchev–Trinajstić information content (AvgIpc) is 2.98. The summed E-state index contributed by atoms with van der Waals surface area (Å²) in [5, 5.41) is 2.48. The van der Waals surface area contributed by atoms with Crippen LogP contribution in [0.15, 0.2) is 47.6 Å². The second-order valence-electron chi connectivity index (χ2n) is 4.15. The summed E-state index contributed by atoms with van der Waals surface area (Å²) in [6.07, 6.45) is 3.44. The van der Waals surface area contributed by atoms with Crippen LogP contribution < -0.4 is 10.0 Å². The Morgan fingerprint density at radius 2 is 1.90 bits per heavy atom. The molecule has 20 heavy (non-hydrogen) atoms. The third kappa shape index (κ3) is 3.25.